The number of amides is 3. The first kappa shape index (κ1) is 24.9. The molecule has 0 saturated carbocycles. The van der Waals surface area contributed by atoms with Crippen molar-refractivity contribution in [3.63, 3.8) is 0 Å². The van der Waals surface area contributed by atoms with Crippen LogP contribution in [-0.4, -0.2) is 60.2 Å². The van der Waals surface area contributed by atoms with Crippen LogP contribution < -0.4 is 5.32 Å². The molecule has 172 valence electrons. The van der Waals surface area contributed by atoms with Gasteiger partial charge in [0.15, 0.2) is 0 Å². The summed E-state index contributed by atoms with van der Waals surface area (Å²) in [6.45, 7) is 11.4. The lowest BCUT2D eigenvalue weighted by Gasteiger charge is -2.35. The Morgan fingerprint density at radius 3 is 2.19 bits per heavy atom. The van der Waals surface area contributed by atoms with Gasteiger partial charge in [-0.25, -0.2) is 0 Å². The van der Waals surface area contributed by atoms with E-state index in [2.05, 4.69) is 19.2 Å². The highest BCUT2D eigenvalue weighted by molar-refractivity contribution is 5.91. The summed E-state index contributed by atoms with van der Waals surface area (Å²) in [5, 5.41) is 2.84. The van der Waals surface area contributed by atoms with Gasteiger partial charge in [0.1, 0.15) is 6.04 Å². The molecule has 1 aliphatic rings. The number of hydrogen-bond acceptors (Lipinski definition) is 3. The molecule has 1 fully saturated rings. The second-order valence-corrected chi connectivity index (χ2v) is 9.49. The standard InChI is InChI=1S/C25H39N3O3/c1-7-20(25(4,5)19-13-9-8-10-14-19)23(30)26-17-21(29)27(6)22(18(2)3)24(31)28-15-11-12-16-28/h8-10,13-14,18,20,22H,7,11-12,15-17H2,1-6H3,(H,26,30)/t20-,22?/m1/s1. The number of hydrogen-bond donors (Lipinski definition) is 1. The number of likely N-dealkylation sites (tertiary alicyclic amines) is 1. The minimum Gasteiger partial charge on any atom is -0.347 e. The molecule has 1 saturated heterocycles. The summed E-state index contributed by atoms with van der Waals surface area (Å²) in [6, 6.07) is 9.47. The summed E-state index contributed by atoms with van der Waals surface area (Å²) < 4.78 is 0. The maximum atomic E-state index is 13.0. The van der Waals surface area contributed by atoms with Gasteiger partial charge >= 0.3 is 0 Å². The van der Waals surface area contributed by atoms with Crippen LogP contribution >= 0.6 is 0 Å². The monoisotopic (exact) mass is 429 g/mol. The molecular weight excluding hydrogens is 390 g/mol. The molecule has 2 rings (SSSR count). The van der Waals surface area contributed by atoms with Crippen LogP contribution in [-0.2, 0) is 19.8 Å². The average molecular weight is 430 g/mol. The molecule has 3 amide bonds. The number of nitrogens with one attached hydrogen (secondary N) is 1. The van der Waals surface area contributed by atoms with E-state index < -0.39 is 6.04 Å². The third-order valence-electron chi connectivity index (χ3n) is 6.64. The molecule has 2 atom stereocenters. The molecule has 0 aliphatic carbocycles. The van der Waals surface area contributed by atoms with Gasteiger partial charge in [-0.05, 0) is 30.7 Å². The highest BCUT2D eigenvalue weighted by Gasteiger charge is 2.37. The predicted octanol–water partition coefficient (Wildman–Crippen LogP) is 3.21. The second-order valence-electron chi connectivity index (χ2n) is 9.49. The fourth-order valence-corrected chi connectivity index (χ4v) is 4.68. The van der Waals surface area contributed by atoms with E-state index in [1.54, 1.807) is 7.05 Å². The van der Waals surface area contributed by atoms with Gasteiger partial charge in [0, 0.05) is 31.5 Å². The first-order valence-corrected chi connectivity index (χ1v) is 11.5. The third-order valence-corrected chi connectivity index (χ3v) is 6.64. The zero-order chi connectivity index (χ0) is 23.2. The molecule has 0 aromatic heterocycles. The Balaban J connectivity index is 2.03. The van der Waals surface area contributed by atoms with Crippen molar-refractivity contribution in [1.29, 1.82) is 0 Å². The van der Waals surface area contributed by atoms with Gasteiger partial charge in [0.25, 0.3) is 0 Å². The lowest BCUT2D eigenvalue weighted by atomic mass is 9.71. The Kier molecular flexibility index (Phi) is 8.66. The van der Waals surface area contributed by atoms with Gasteiger partial charge in [0.2, 0.25) is 17.7 Å². The first-order chi connectivity index (χ1) is 14.6. The molecule has 6 nitrogen and oxygen atoms in total. The molecule has 1 aliphatic heterocycles. The average Bonchev–Trinajstić information content (AvgIpc) is 3.27. The van der Waals surface area contributed by atoms with E-state index >= 15 is 0 Å². The maximum absolute atomic E-state index is 13.0. The summed E-state index contributed by atoms with van der Waals surface area (Å²) in [7, 11) is 1.67. The fraction of sp³-hybridized carbons (Fsp3) is 0.640. The highest BCUT2D eigenvalue weighted by Crippen LogP contribution is 2.33. The number of rotatable bonds is 9. The Morgan fingerprint density at radius 2 is 1.68 bits per heavy atom. The topological polar surface area (TPSA) is 69.7 Å². The van der Waals surface area contributed by atoms with Crippen molar-refractivity contribution in [2.45, 2.75) is 65.3 Å². The van der Waals surface area contributed by atoms with Crippen LogP contribution in [0.3, 0.4) is 0 Å². The number of benzene rings is 1. The van der Waals surface area contributed by atoms with E-state index in [1.165, 1.54) is 4.90 Å². The zero-order valence-electron chi connectivity index (χ0n) is 20.0. The second kappa shape index (κ2) is 10.8. The Morgan fingerprint density at radius 1 is 1.10 bits per heavy atom. The molecule has 1 N–H and O–H groups in total. The summed E-state index contributed by atoms with van der Waals surface area (Å²) in [6.07, 6.45) is 2.69. The lowest BCUT2D eigenvalue weighted by molar-refractivity contribution is -0.145. The predicted molar refractivity (Wildman–Crippen MR) is 123 cm³/mol. The van der Waals surface area contributed by atoms with Crippen molar-refractivity contribution >= 4 is 17.7 Å². The van der Waals surface area contributed by atoms with Gasteiger partial charge in [-0.15, -0.1) is 0 Å². The summed E-state index contributed by atoms with van der Waals surface area (Å²) in [5.74, 6) is -0.637. The van der Waals surface area contributed by atoms with E-state index in [1.807, 2.05) is 56.0 Å². The van der Waals surface area contributed by atoms with Crippen LogP contribution in [0.25, 0.3) is 0 Å². The molecule has 6 heteroatoms. The van der Waals surface area contributed by atoms with Crippen LogP contribution in [0.5, 0.6) is 0 Å². The smallest absolute Gasteiger partial charge is 0.245 e. The number of carbonyl (C=O) groups is 3. The Labute approximate surface area is 187 Å². The Bertz CT molecular complexity index is 755. The van der Waals surface area contributed by atoms with Crippen molar-refractivity contribution in [3.05, 3.63) is 35.9 Å². The molecular formula is C25H39N3O3. The van der Waals surface area contributed by atoms with Gasteiger partial charge in [-0.2, -0.15) is 0 Å². The molecule has 1 heterocycles. The number of likely N-dealkylation sites (N-methyl/N-ethyl adjacent to an activating group) is 1. The fourth-order valence-electron chi connectivity index (χ4n) is 4.68. The van der Waals surface area contributed by atoms with Crippen LogP contribution in [0.15, 0.2) is 30.3 Å². The van der Waals surface area contributed by atoms with Crippen molar-refractivity contribution in [3.8, 4) is 0 Å². The molecule has 1 aromatic rings. The normalized spacial score (nSPS) is 16.2. The summed E-state index contributed by atoms with van der Waals surface area (Å²) >= 11 is 0. The minimum atomic E-state index is -0.509. The quantitative estimate of drug-likeness (QED) is 0.655. The van der Waals surface area contributed by atoms with E-state index in [9.17, 15) is 14.4 Å². The Hall–Kier alpha value is -2.37. The van der Waals surface area contributed by atoms with Crippen LogP contribution in [0.1, 0.15) is 59.4 Å². The van der Waals surface area contributed by atoms with Gasteiger partial charge in [-0.3, -0.25) is 14.4 Å². The van der Waals surface area contributed by atoms with Crippen molar-refractivity contribution < 1.29 is 14.4 Å². The van der Waals surface area contributed by atoms with Crippen LogP contribution in [0, 0.1) is 11.8 Å². The van der Waals surface area contributed by atoms with E-state index in [0.29, 0.717) is 6.42 Å². The molecule has 31 heavy (non-hydrogen) atoms. The summed E-state index contributed by atoms with van der Waals surface area (Å²) in [4.78, 5) is 42.2. The van der Waals surface area contributed by atoms with Crippen molar-refractivity contribution in [1.82, 2.24) is 15.1 Å². The minimum absolute atomic E-state index is 0.00171. The SMILES string of the molecule is CC[C@H](C(=O)NCC(=O)N(C)C(C(=O)N1CCCC1)C(C)C)C(C)(C)c1ccccc1. The molecule has 0 spiro atoms. The van der Waals surface area contributed by atoms with Crippen molar-refractivity contribution in [2.24, 2.45) is 11.8 Å². The lowest BCUT2D eigenvalue weighted by Crippen LogP contribution is -2.53. The first-order valence-electron chi connectivity index (χ1n) is 11.5. The maximum Gasteiger partial charge on any atom is 0.245 e. The molecule has 1 unspecified atom stereocenters. The van der Waals surface area contributed by atoms with Crippen LogP contribution in [0.2, 0.25) is 0 Å². The van der Waals surface area contributed by atoms with Gasteiger partial charge < -0.3 is 15.1 Å². The van der Waals surface area contributed by atoms with Crippen LogP contribution in [0.4, 0.5) is 0 Å². The van der Waals surface area contributed by atoms with Crippen molar-refractivity contribution in [2.75, 3.05) is 26.7 Å². The van der Waals surface area contributed by atoms with Gasteiger partial charge in [0.05, 0.1) is 6.54 Å². The van der Waals surface area contributed by atoms with E-state index in [4.69, 9.17) is 0 Å². The largest absolute Gasteiger partial charge is 0.347 e. The molecule has 0 radical (unpaired) electrons. The number of nitrogens with zero attached hydrogens (tertiary/aromatic N) is 2. The zero-order valence-corrected chi connectivity index (χ0v) is 20.0. The number of carbonyl (C=O) groups excluding carboxylic acids is 3. The van der Waals surface area contributed by atoms with Gasteiger partial charge in [-0.1, -0.05) is 65.0 Å². The van der Waals surface area contributed by atoms with E-state index in [-0.39, 0.29) is 41.5 Å². The van der Waals surface area contributed by atoms with E-state index in [0.717, 1.165) is 31.5 Å². The summed E-state index contributed by atoms with van der Waals surface area (Å²) in [5.41, 5.74) is 0.734. The third kappa shape index (κ3) is 5.86. The highest BCUT2D eigenvalue weighted by atomic mass is 16.2. The molecule has 0 bridgehead atoms. The molecule has 1 aromatic carbocycles.